The van der Waals surface area contributed by atoms with Crippen LogP contribution in [0.15, 0.2) is 0 Å². The highest BCUT2D eigenvalue weighted by atomic mass is 35.5. The van der Waals surface area contributed by atoms with Gasteiger partial charge in [-0.15, -0.1) is 0 Å². The summed E-state index contributed by atoms with van der Waals surface area (Å²) in [5.41, 5.74) is -0.342. The second-order valence-corrected chi connectivity index (χ2v) is 4.24. The van der Waals surface area contributed by atoms with Crippen LogP contribution in [0, 0.1) is 6.92 Å². The van der Waals surface area contributed by atoms with E-state index >= 15 is 0 Å². The van der Waals surface area contributed by atoms with Gasteiger partial charge in [-0.1, -0.05) is 11.6 Å². The van der Waals surface area contributed by atoms with Gasteiger partial charge in [0.1, 0.15) is 17.8 Å². The van der Waals surface area contributed by atoms with Gasteiger partial charge in [-0.3, -0.25) is 9.48 Å². The van der Waals surface area contributed by atoms with Crippen molar-refractivity contribution < 1.29 is 15.0 Å². The van der Waals surface area contributed by atoms with Crippen LogP contribution in [0.4, 0.5) is 0 Å². The van der Waals surface area contributed by atoms with Gasteiger partial charge in [-0.05, 0) is 20.8 Å². The Morgan fingerprint density at radius 1 is 1.60 bits per heavy atom. The fourth-order valence-electron chi connectivity index (χ4n) is 1.20. The van der Waals surface area contributed by atoms with E-state index < -0.39 is 11.6 Å². The smallest absolute Gasteiger partial charge is 0.325 e. The number of aliphatic carboxylic acids is 1. The molecule has 84 valence electrons. The first-order valence-corrected chi connectivity index (χ1v) is 4.79. The number of nitrogens with zero attached hydrogens (tertiary/aromatic N) is 2. The van der Waals surface area contributed by atoms with Gasteiger partial charge in [0.25, 0.3) is 0 Å². The number of aliphatic hydroxyl groups is 1. The molecule has 1 aromatic heterocycles. The molecule has 0 spiro atoms. The molecular formula is C9H13ClN2O3. The molecule has 0 aliphatic carbocycles. The Morgan fingerprint density at radius 3 is 2.47 bits per heavy atom. The number of hydrogen-bond acceptors (Lipinski definition) is 3. The van der Waals surface area contributed by atoms with Crippen LogP contribution >= 0.6 is 11.6 Å². The van der Waals surface area contributed by atoms with Crippen molar-refractivity contribution in [1.29, 1.82) is 0 Å². The normalized spacial score (nSPS) is 11.8. The molecule has 0 unspecified atom stereocenters. The highest BCUT2D eigenvalue weighted by Crippen LogP contribution is 2.28. The van der Waals surface area contributed by atoms with Crippen molar-refractivity contribution in [3.05, 3.63) is 16.4 Å². The predicted molar refractivity (Wildman–Crippen MR) is 54.9 cm³/mol. The summed E-state index contributed by atoms with van der Waals surface area (Å²) in [6, 6.07) is 0. The van der Waals surface area contributed by atoms with Crippen LogP contribution in [0.25, 0.3) is 0 Å². The van der Waals surface area contributed by atoms with Crippen molar-refractivity contribution in [1.82, 2.24) is 9.78 Å². The summed E-state index contributed by atoms with van der Waals surface area (Å²) in [5, 5.41) is 22.6. The van der Waals surface area contributed by atoms with E-state index in [1.165, 1.54) is 4.68 Å². The lowest BCUT2D eigenvalue weighted by Crippen LogP contribution is -2.18. The summed E-state index contributed by atoms with van der Waals surface area (Å²) < 4.78 is 1.26. The molecule has 2 N–H and O–H groups in total. The highest BCUT2D eigenvalue weighted by Gasteiger charge is 2.26. The number of aromatic nitrogens is 2. The van der Waals surface area contributed by atoms with Gasteiger partial charge in [0.2, 0.25) is 0 Å². The summed E-state index contributed by atoms with van der Waals surface area (Å²) in [6.45, 7) is 4.49. The largest absolute Gasteiger partial charge is 0.480 e. The number of carboxylic acids is 1. The van der Waals surface area contributed by atoms with Crippen LogP contribution in [0.1, 0.15) is 25.2 Å². The molecule has 0 aliphatic rings. The van der Waals surface area contributed by atoms with E-state index in [1.54, 1.807) is 20.8 Å². The van der Waals surface area contributed by atoms with E-state index in [9.17, 15) is 9.90 Å². The van der Waals surface area contributed by atoms with E-state index in [4.69, 9.17) is 16.7 Å². The lowest BCUT2D eigenvalue weighted by atomic mass is 10.1. The Labute approximate surface area is 92.3 Å². The number of halogens is 1. The van der Waals surface area contributed by atoms with Gasteiger partial charge in [-0.25, -0.2) is 0 Å². The minimum atomic E-state index is -1.18. The van der Waals surface area contributed by atoms with Crippen molar-refractivity contribution in [3.8, 4) is 0 Å². The molecular weight excluding hydrogens is 220 g/mol. The van der Waals surface area contributed by atoms with Crippen LogP contribution in [-0.2, 0) is 16.9 Å². The number of carboxylic acid groups (broad SMARTS) is 1. The fraction of sp³-hybridized carbons (Fsp3) is 0.556. The number of hydrogen-bond donors (Lipinski definition) is 2. The van der Waals surface area contributed by atoms with Gasteiger partial charge in [0.05, 0.1) is 10.7 Å². The summed E-state index contributed by atoms with van der Waals surface area (Å²) in [6.07, 6.45) is 0. The van der Waals surface area contributed by atoms with Crippen molar-refractivity contribution in [2.75, 3.05) is 0 Å². The van der Waals surface area contributed by atoms with Crippen molar-refractivity contribution >= 4 is 17.6 Å². The SMILES string of the molecule is Cc1c(Cl)c(C(C)(C)O)nn1CC(=O)O. The topological polar surface area (TPSA) is 75.4 Å². The van der Waals surface area contributed by atoms with E-state index in [0.29, 0.717) is 16.4 Å². The molecule has 0 aromatic carbocycles. The Balaban J connectivity index is 3.18. The first-order valence-electron chi connectivity index (χ1n) is 4.41. The van der Waals surface area contributed by atoms with Crippen LogP contribution < -0.4 is 0 Å². The zero-order valence-electron chi connectivity index (χ0n) is 8.78. The molecule has 15 heavy (non-hydrogen) atoms. The molecule has 0 saturated carbocycles. The lowest BCUT2D eigenvalue weighted by Gasteiger charge is -2.13. The second-order valence-electron chi connectivity index (χ2n) is 3.86. The van der Waals surface area contributed by atoms with Crippen molar-refractivity contribution in [3.63, 3.8) is 0 Å². The van der Waals surface area contributed by atoms with Gasteiger partial charge >= 0.3 is 5.97 Å². The average Bonchev–Trinajstić information content (AvgIpc) is 2.30. The third kappa shape index (κ3) is 2.49. The molecule has 5 nitrogen and oxygen atoms in total. The average molecular weight is 233 g/mol. The Bertz CT molecular complexity index is 393. The molecule has 1 heterocycles. The maximum absolute atomic E-state index is 10.5. The van der Waals surface area contributed by atoms with E-state index in [1.807, 2.05) is 0 Å². The molecule has 0 atom stereocenters. The number of rotatable bonds is 3. The highest BCUT2D eigenvalue weighted by molar-refractivity contribution is 6.32. The van der Waals surface area contributed by atoms with Gasteiger partial charge in [0, 0.05) is 0 Å². The molecule has 0 amide bonds. The van der Waals surface area contributed by atoms with Gasteiger partial charge < -0.3 is 10.2 Å². The molecule has 0 aliphatic heterocycles. The van der Waals surface area contributed by atoms with Crippen LogP contribution in [0.3, 0.4) is 0 Å². The number of carbonyl (C=O) groups is 1. The Morgan fingerprint density at radius 2 is 2.13 bits per heavy atom. The van der Waals surface area contributed by atoms with E-state index in [-0.39, 0.29) is 6.54 Å². The molecule has 1 aromatic rings. The molecule has 0 saturated heterocycles. The maximum atomic E-state index is 10.5. The molecule has 0 bridgehead atoms. The minimum absolute atomic E-state index is 0.262. The van der Waals surface area contributed by atoms with Gasteiger partial charge in [0.15, 0.2) is 0 Å². The van der Waals surface area contributed by atoms with Crippen LogP contribution in [0.2, 0.25) is 5.02 Å². The molecule has 0 radical (unpaired) electrons. The molecule has 6 heteroatoms. The van der Waals surface area contributed by atoms with Crippen molar-refractivity contribution in [2.24, 2.45) is 0 Å². The minimum Gasteiger partial charge on any atom is -0.480 e. The van der Waals surface area contributed by atoms with Gasteiger partial charge in [-0.2, -0.15) is 5.10 Å². The maximum Gasteiger partial charge on any atom is 0.325 e. The first kappa shape index (κ1) is 12.0. The summed E-state index contributed by atoms with van der Waals surface area (Å²) >= 11 is 5.95. The van der Waals surface area contributed by atoms with E-state index in [2.05, 4.69) is 5.10 Å². The van der Waals surface area contributed by atoms with Crippen LogP contribution in [-0.4, -0.2) is 26.0 Å². The summed E-state index contributed by atoms with van der Waals surface area (Å²) in [5.74, 6) is -1.00. The lowest BCUT2D eigenvalue weighted by molar-refractivity contribution is -0.137. The van der Waals surface area contributed by atoms with Crippen molar-refractivity contribution in [2.45, 2.75) is 32.9 Å². The summed E-state index contributed by atoms with van der Waals surface area (Å²) in [4.78, 5) is 10.5. The monoisotopic (exact) mass is 232 g/mol. The fourth-order valence-corrected chi connectivity index (χ4v) is 1.56. The second kappa shape index (κ2) is 3.83. The molecule has 0 fully saturated rings. The zero-order valence-corrected chi connectivity index (χ0v) is 9.54. The summed E-state index contributed by atoms with van der Waals surface area (Å²) in [7, 11) is 0. The van der Waals surface area contributed by atoms with E-state index in [0.717, 1.165) is 0 Å². The van der Waals surface area contributed by atoms with Crippen LogP contribution in [0.5, 0.6) is 0 Å². The first-order chi connectivity index (χ1) is 6.73. The Kier molecular flexibility index (Phi) is 3.06. The standard InChI is InChI=1S/C9H13ClN2O3/c1-5-7(10)8(9(2,3)15)11-12(5)4-6(13)14/h15H,4H2,1-3H3,(H,13,14). The quantitative estimate of drug-likeness (QED) is 0.820. The zero-order chi connectivity index (χ0) is 11.8. The molecule has 1 rings (SSSR count). The third-order valence-corrected chi connectivity index (χ3v) is 2.45. The third-order valence-electron chi connectivity index (χ3n) is 2.00. The predicted octanol–water partition coefficient (Wildman–Crippen LogP) is 1.16. The Hall–Kier alpha value is -1.07.